The summed E-state index contributed by atoms with van der Waals surface area (Å²) in [6.45, 7) is 1.31. The first-order chi connectivity index (χ1) is 16.5. The number of rotatable bonds is 9. The third-order valence-electron chi connectivity index (χ3n) is 5.12. The first-order valence-corrected chi connectivity index (χ1v) is 11.7. The lowest BCUT2D eigenvalue weighted by Crippen LogP contribution is -2.25. The zero-order valence-electron chi connectivity index (χ0n) is 19.1. The highest BCUT2D eigenvalue weighted by molar-refractivity contribution is 7.14. The number of hydrogen-bond donors (Lipinski definition) is 2. The average molecular weight is 475 g/mol. The molecular formula is C26H26N4O3S. The van der Waals surface area contributed by atoms with E-state index in [1.807, 2.05) is 18.2 Å². The summed E-state index contributed by atoms with van der Waals surface area (Å²) in [4.78, 5) is 31.1. The molecule has 174 valence electrons. The maximum absolute atomic E-state index is 12.5. The number of carbonyl (C=O) groups is 2. The van der Waals surface area contributed by atoms with E-state index in [0.29, 0.717) is 17.4 Å². The highest BCUT2D eigenvalue weighted by Gasteiger charge is 2.13. The van der Waals surface area contributed by atoms with E-state index in [-0.39, 0.29) is 24.0 Å². The summed E-state index contributed by atoms with van der Waals surface area (Å²) in [5, 5.41) is 7.85. The van der Waals surface area contributed by atoms with Crippen molar-refractivity contribution in [3.05, 3.63) is 94.9 Å². The van der Waals surface area contributed by atoms with Crippen LogP contribution in [0.15, 0.2) is 76.7 Å². The van der Waals surface area contributed by atoms with Crippen LogP contribution in [-0.2, 0) is 24.3 Å². The summed E-state index contributed by atoms with van der Waals surface area (Å²) in [6.07, 6.45) is 1.57. The van der Waals surface area contributed by atoms with Gasteiger partial charge in [-0.3, -0.25) is 14.9 Å². The monoisotopic (exact) mass is 474 g/mol. The Hall–Kier alpha value is -3.75. The van der Waals surface area contributed by atoms with Crippen LogP contribution < -0.4 is 10.6 Å². The maximum Gasteiger partial charge on any atom is 0.293 e. The third kappa shape index (κ3) is 6.18. The number of carbonyl (C=O) groups excluding carboxylic acids is 2. The van der Waals surface area contributed by atoms with Crippen molar-refractivity contribution >= 4 is 28.3 Å². The third-order valence-corrected chi connectivity index (χ3v) is 5.92. The molecule has 2 amide bonds. The fraction of sp³-hybridized carbons (Fsp3) is 0.192. The summed E-state index contributed by atoms with van der Waals surface area (Å²) in [7, 11) is 4.10. The lowest BCUT2D eigenvalue weighted by Gasteiger charge is -2.13. The van der Waals surface area contributed by atoms with E-state index in [1.54, 1.807) is 17.5 Å². The summed E-state index contributed by atoms with van der Waals surface area (Å²) in [6, 6.07) is 19.8. The topological polar surface area (TPSA) is 87.5 Å². The number of anilines is 1. The van der Waals surface area contributed by atoms with Gasteiger partial charge in [0.05, 0.1) is 18.4 Å². The fourth-order valence-electron chi connectivity index (χ4n) is 3.54. The number of aromatic nitrogens is 1. The molecule has 0 saturated carbocycles. The Morgan fingerprint density at radius 2 is 1.82 bits per heavy atom. The lowest BCUT2D eigenvalue weighted by atomic mass is 9.98. The van der Waals surface area contributed by atoms with Crippen molar-refractivity contribution in [2.75, 3.05) is 19.4 Å². The Morgan fingerprint density at radius 3 is 2.56 bits per heavy atom. The highest BCUT2D eigenvalue weighted by Crippen LogP contribution is 2.24. The van der Waals surface area contributed by atoms with Gasteiger partial charge < -0.3 is 14.6 Å². The molecule has 0 fully saturated rings. The van der Waals surface area contributed by atoms with Crippen molar-refractivity contribution in [3.63, 3.8) is 0 Å². The molecule has 0 saturated heterocycles. The van der Waals surface area contributed by atoms with Crippen LogP contribution in [0, 0.1) is 0 Å². The molecule has 0 aliphatic heterocycles. The average Bonchev–Trinajstić information content (AvgIpc) is 3.51. The molecule has 2 aromatic carbocycles. The predicted octanol–water partition coefficient (Wildman–Crippen LogP) is 4.58. The number of thiazole rings is 1. The number of amides is 2. The second-order valence-corrected chi connectivity index (χ2v) is 8.98. The first kappa shape index (κ1) is 23.4. The van der Waals surface area contributed by atoms with Gasteiger partial charge >= 0.3 is 0 Å². The zero-order chi connectivity index (χ0) is 23.9. The van der Waals surface area contributed by atoms with Gasteiger partial charge in [-0.2, -0.15) is 0 Å². The minimum atomic E-state index is -0.373. The molecule has 0 unspecified atom stereocenters. The van der Waals surface area contributed by atoms with Gasteiger partial charge in [-0.05, 0) is 48.5 Å². The van der Waals surface area contributed by atoms with Crippen LogP contribution in [0.25, 0.3) is 11.1 Å². The van der Waals surface area contributed by atoms with E-state index < -0.39 is 0 Å². The number of benzene rings is 2. The van der Waals surface area contributed by atoms with Crippen molar-refractivity contribution in [1.29, 1.82) is 0 Å². The minimum Gasteiger partial charge on any atom is -0.459 e. The Bertz CT molecular complexity index is 1250. The molecule has 4 aromatic rings. The lowest BCUT2D eigenvalue weighted by molar-refractivity contribution is -0.120. The quantitative estimate of drug-likeness (QED) is 0.371. The Labute approximate surface area is 202 Å². The number of nitrogens with one attached hydrogen (secondary N) is 2. The Kier molecular flexibility index (Phi) is 7.51. The maximum atomic E-state index is 12.5. The normalized spacial score (nSPS) is 10.9. The summed E-state index contributed by atoms with van der Waals surface area (Å²) in [5.41, 5.74) is 5.10. The van der Waals surface area contributed by atoms with E-state index in [1.165, 1.54) is 23.2 Å². The van der Waals surface area contributed by atoms with Gasteiger partial charge in [-0.15, -0.1) is 11.3 Å². The SMILES string of the molecule is CN(C)Cc1ccc(-c2ccccc2CNC(=O)Cc2csc(NC(=O)c3ccco3)n2)cc1. The van der Waals surface area contributed by atoms with Crippen LogP contribution in [0.5, 0.6) is 0 Å². The van der Waals surface area contributed by atoms with Crippen LogP contribution in [0.4, 0.5) is 5.13 Å². The molecule has 8 heteroatoms. The van der Waals surface area contributed by atoms with Crippen LogP contribution in [0.1, 0.15) is 27.4 Å². The van der Waals surface area contributed by atoms with Crippen molar-refractivity contribution in [3.8, 4) is 11.1 Å². The molecule has 0 bridgehead atoms. The standard InChI is InChI=1S/C26H26N4O3S/c1-30(2)16-18-9-11-19(12-10-18)22-7-4-3-6-20(22)15-27-24(31)14-21-17-34-26(28-21)29-25(32)23-8-5-13-33-23/h3-13,17H,14-16H2,1-2H3,(H,27,31)(H,28,29,32). The fourth-order valence-corrected chi connectivity index (χ4v) is 4.25. The summed E-state index contributed by atoms with van der Waals surface area (Å²) >= 11 is 1.27. The number of nitrogens with zero attached hydrogens (tertiary/aromatic N) is 2. The second-order valence-electron chi connectivity index (χ2n) is 8.12. The molecule has 4 rings (SSSR count). The van der Waals surface area contributed by atoms with Gasteiger partial charge in [0.2, 0.25) is 5.91 Å². The molecule has 2 aromatic heterocycles. The van der Waals surface area contributed by atoms with Gasteiger partial charge in [-0.25, -0.2) is 4.98 Å². The summed E-state index contributed by atoms with van der Waals surface area (Å²) in [5.74, 6) is -0.299. The predicted molar refractivity (Wildman–Crippen MR) is 134 cm³/mol. The van der Waals surface area contributed by atoms with E-state index in [4.69, 9.17) is 4.42 Å². The van der Waals surface area contributed by atoms with Crippen molar-refractivity contribution < 1.29 is 14.0 Å². The molecule has 0 aliphatic carbocycles. The summed E-state index contributed by atoms with van der Waals surface area (Å²) < 4.78 is 5.07. The van der Waals surface area contributed by atoms with Crippen LogP contribution in [0.2, 0.25) is 0 Å². The molecule has 0 radical (unpaired) electrons. The van der Waals surface area contributed by atoms with Crippen LogP contribution >= 0.6 is 11.3 Å². The Balaban J connectivity index is 1.34. The molecule has 0 atom stereocenters. The van der Waals surface area contributed by atoms with Gasteiger partial charge in [0.15, 0.2) is 10.9 Å². The molecule has 0 aliphatic rings. The minimum absolute atomic E-state index is 0.133. The molecule has 2 heterocycles. The zero-order valence-corrected chi connectivity index (χ0v) is 19.9. The smallest absolute Gasteiger partial charge is 0.293 e. The van der Waals surface area contributed by atoms with Crippen molar-refractivity contribution in [2.24, 2.45) is 0 Å². The number of hydrogen-bond acceptors (Lipinski definition) is 6. The molecular weight excluding hydrogens is 448 g/mol. The van der Waals surface area contributed by atoms with Gasteiger partial charge in [0.1, 0.15) is 0 Å². The van der Waals surface area contributed by atoms with Crippen molar-refractivity contribution in [1.82, 2.24) is 15.2 Å². The second kappa shape index (κ2) is 10.9. The molecule has 7 nitrogen and oxygen atoms in total. The largest absolute Gasteiger partial charge is 0.459 e. The van der Waals surface area contributed by atoms with E-state index >= 15 is 0 Å². The van der Waals surface area contributed by atoms with Gasteiger partial charge in [0, 0.05) is 18.5 Å². The van der Waals surface area contributed by atoms with Crippen molar-refractivity contribution in [2.45, 2.75) is 19.5 Å². The molecule has 34 heavy (non-hydrogen) atoms. The van der Waals surface area contributed by atoms with E-state index in [2.05, 4.69) is 64.9 Å². The highest BCUT2D eigenvalue weighted by atomic mass is 32.1. The molecule has 0 spiro atoms. The number of furan rings is 1. The van der Waals surface area contributed by atoms with Crippen LogP contribution in [0.3, 0.4) is 0 Å². The van der Waals surface area contributed by atoms with Gasteiger partial charge in [0.25, 0.3) is 5.91 Å². The Morgan fingerprint density at radius 1 is 1.03 bits per heavy atom. The van der Waals surface area contributed by atoms with Crippen LogP contribution in [-0.4, -0.2) is 35.8 Å². The first-order valence-electron chi connectivity index (χ1n) is 10.9. The van der Waals surface area contributed by atoms with E-state index in [0.717, 1.165) is 23.2 Å². The van der Waals surface area contributed by atoms with E-state index in [9.17, 15) is 9.59 Å². The van der Waals surface area contributed by atoms with Gasteiger partial charge in [-0.1, -0.05) is 48.5 Å². The molecule has 2 N–H and O–H groups in total.